The number of ether oxygens (including phenoxy) is 2. The van der Waals surface area contributed by atoms with Gasteiger partial charge in [0.2, 0.25) is 0 Å². The van der Waals surface area contributed by atoms with E-state index in [1.165, 1.54) is 19.2 Å². The molecule has 1 aromatic carbocycles. The van der Waals surface area contributed by atoms with Crippen molar-refractivity contribution >= 4 is 17.3 Å². The second kappa shape index (κ2) is 5.87. The number of nitro benzene ring substituents is 1. The summed E-state index contributed by atoms with van der Waals surface area (Å²) in [6.07, 6.45) is 0.0458. The molecule has 7 heteroatoms. The fourth-order valence-corrected chi connectivity index (χ4v) is 2.22. The molecule has 1 atom stereocenters. The first kappa shape index (κ1) is 14.3. The monoisotopic (exact) mass is 280 g/mol. The predicted molar refractivity (Wildman–Crippen MR) is 72.1 cm³/mol. The van der Waals surface area contributed by atoms with Gasteiger partial charge in [0.1, 0.15) is 0 Å². The number of hydrogen-bond acceptors (Lipinski definition) is 6. The lowest BCUT2D eigenvalue weighted by Crippen LogP contribution is -2.41. The van der Waals surface area contributed by atoms with E-state index in [1.54, 1.807) is 6.07 Å². The van der Waals surface area contributed by atoms with Crippen molar-refractivity contribution in [2.75, 3.05) is 31.7 Å². The lowest BCUT2D eigenvalue weighted by molar-refractivity contribution is -0.384. The predicted octanol–water partition coefficient (Wildman–Crippen LogP) is 1.61. The van der Waals surface area contributed by atoms with Crippen LogP contribution >= 0.6 is 0 Å². The fraction of sp³-hybridized carbons (Fsp3) is 0.462. The molecule has 0 radical (unpaired) electrons. The van der Waals surface area contributed by atoms with Gasteiger partial charge in [-0.1, -0.05) is 0 Å². The molecule has 2 rings (SSSR count). The Morgan fingerprint density at radius 3 is 2.90 bits per heavy atom. The van der Waals surface area contributed by atoms with Gasteiger partial charge in [0.15, 0.2) is 0 Å². The summed E-state index contributed by atoms with van der Waals surface area (Å²) in [6, 6.07) is 4.23. The van der Waals surface area contributed by atoms with E-state index in [4.69, 9.17) is 9.47 Å². The Labute approximate surface area is 116 Å². The first-order valence-corrected chi connectivity index (χ1v) is 6.26. The molecule has 0 aliphatic carbocycles. The SMILES string of the molecule is COC(=O)c1cc([N+](=O)[O-])ccc1N1CCO[C@@H](C)C1. The van der Waals surface area contributed by atoms with Crippen molar-refractivity contribution in [3.8, 4) is 0 Å². The van der Waals surface area contributed by atoms with E-state index in [2.05, 4.69) is 0 Å². The molecule has 1 saturated heterocycles. The van der Waals surface area contributed by atoms with Gasteiger partial charge in [-0.2, -0.15) is 0 Å². The van der Waals surface area contributed by atoms with Gasteiger partial charge in [0.25, 0.3) is 5.69 Å². The Bertz CT molecular complexity index is 531. The molecular formula is C13H16N2O5. The van der Waals surface area contributed by atoms with Crippen molar-refractivity contribution < 1.29 is 19.2 Å². The molecule has 108 valence electrons. The van der Waals surface area contributed by atoms with Gasteiger partial charge in [0, 0.05) is 25.2 Å². The summed E-state index contributed by atoms with van der Waals surface area (Å²) in [7, 11) is 1.26. The number of carbonyl (C=O) groups is 1. The van der Waals surface area contributed by atoms with Crippen molar-refractivity contribution in [1.82, 2.24) is 0 Å². The fourth-order valence-electron chi connectivity index (χ4n) is 2.22. The van der Waals surface area contributed by atoms with Gasteiger partial charge in [-0.15, -0.1) is 0 Å². The molecule has 0 unspecified atom stereocenters. The van der Waals surface area contributed by atoms with Crippen LogP contribution in [0, 0.1) is 10.1 Å². The minimum absolute atomic E-state index is 0.0458. The molecule has 0 aromatic heterocycles. The van der Waals surface area contributed by atoms with E-state index in [9.17, 15) is 14.9 Å². The summed E-state index contributed by atoms with van der Waals surface area (Å²) in [5.41, 5.74) is 0.712. The van der Waals surface area contributed by atoms with Gasteiger partial charge in [-0.3, -0.25) is 10.1 Å². The van der Waals surface area contributed by atoms with E-state index in [1.807, 2.05) is 11.8 Å². The molecule has 0 bridgehead atoms. The standard InChI is InChI=1S/C13H16N2O5/c1-9-8-14(5-6-20-9)12-4-3-10(15(17)18)7-11(12)13(16)19-2/h3-4,7,9H,5-6,8H2,1-2H3/t9-/m0/s1. The molecule has 7 nitrogen and oxygen atoms in total. The average molecular weight is 280 g/mol. The van der Waals surface area contributed by atoms with E-state index in [-0.39, 0.29) is 17.4 Å². The van der Waals surface area contributed by atoms with E-state index in [0.717, 1.165) is 0 Å². The Morgan fingerprint density at radius 1 is 1.55 bits per heavy atom. The summed E-state index contributed by atoms with van der Waals surface area (Å²) in [4.78, 5) is 24.1. The molecule has 1 aromatic rings. The van der Waals surface area contributed by atoms with Gasteiger partial charge in [-0.05, 0) is 13.0 Å². The van der Waals surface area contributed by atoms with Crippen LogP contribution in [0.5, 0.6) is 0 Å². The number of methoxy groups -OCH3 is 1. The number of hydrogen-bond donors (Lipinski definition) is 0. The number of rotatable bonds is 3. The highest BCUT2D eigenvalue weighted by Gasteiger charge is 2.24. The summed E-state index contributed by atoms with van der Waals surface area (Å²) in [5.74, 6) is -0.581. The molecule has 20 heavy (non-hydrogen) atoms. The molecule has 0 N–H and O–H groups in total. The zero-order chi connectivity index (χ0) is 14.7. The zero-order valence-electron chi connectivity index (χ0n) is 11.4. The Balaban J connectivity index is 2.40. The maximum atomic E-state index is 11.8. The number of benzene rings is 1. The minimum Gasteiger partial charge on any atom is -0.465 e. The minimum atomic E-state index is -0.581. The molecule has 1 heterocycles. The van der Waals surface area contributed by atoms with Crippen molar-refractivity contribution in [3.05, 3.63) is 33.9 Å². The van der Waals surface area contributed by atoms with Gasteiger partial charge >= 0.3 is 5.97 Å². The summed E-state index contributed by atoms with van der Waals surface area (Å²) in [5, 5.41) is 10.8. The highest BCUT2D eigenvalue weighted by atomic mass is 16.6. The number of esters is 1. The third-order valence-corrected chi connectivity index (χ3v) is 3.18. The number of anilines is 1. The third kappa shape index (κ3) is 2.88. The van der Waals surface area contributed by atoms with Crippen molar-refractivity contribution in [2.45, 2.75) is 13.0 Å². The van der Waals surface area contributed by atoms with Crippen LogP contribution in [0.3, 0.4) is 0 Å². The van der Waals surface area contributed by atoms with Gasteiger partial charge in [-0.25, -0.2) is 4.79 Å². The highest BCUT2D eigenvalue weighted by Crippen LogP contribution is 2.27. The third-order valence-electron chi connectivity index (χ3n) is 3.18. The number of carbonyl (C=O) groups excluding carboxylic acids is 1. The maximum absolute atomic E-state index is 11.8. The largest absolute Gasteiger partial charge is 0.465 e. The molecule has 0 saturated carbocycles. The quantitative estimate of drug-likeness (QED) is 0.475. The van der Waals surface area contributed by atoms with Crippen LogP contribution in [0.15, 0.2) is 18.2 Å². The zero-order valence-corrected chi connectivity index (χ0v) is 11.4. The average Bonchev–Trinajstić information content (AvgIpc) is 2.45. The van der Waals surface area contributed by atoms with Crippen LogP contribution < -0.4 is 4.90 Å². The normalized spacial score (nSPS) is 18.7. The van der Waals surface area contributed by atoms with Crippen LogP contribution in [-0.4, -0.2) is 43.8 Å². The Kier molecular flexibility index (Phi) is 4.19. The second-order valence-corrected chi connectivity index (χ2v) is 4.58. The van der Waals surface area contributed by atoms with Crippen LogP contribution in [0.2, 0.25) is 0 Å². The smallest absolute Gasteiger partial charge is 0.340 e. The van der Waals surface area contributed by atoms with Crippen molar-refractivity contribution in [2.24, 2.45) is 0 Å². The molecule has 0 amide bonds. The van der Waals surface area contributed by atoms with Crippen LogP contribution in [0.25, 0.3) is 0 Å². The second-order valence-electron chi connectivity index (χ2n) is 4.58. The van der Waals surface area contributed by atoms with Gasteiger partial charge < -0.3 is 14.4 Å². The molecular weight excluding hydrogens is 264 g/mol. The van der Waals surface area contributed by atoms with E-state index in [0.29, 0.717) is 25.4 Å². The number of nitro groups is 1. The lowest BCUT2D eigenvalue weighted by Gasteiger charge is -2.33. The Hall–Kier alpha value is -2.15. The maximum Gasteiger partial charge on any atom is 0.340 e. The van der Waals surface area contributed by atoms with Crippen LogP contribution in [0.1, 0.15) is 17.3 Å². The lowest BCUT2D eigenvalue weighted by atomic mass is 10.1. The summed E-state index contributed by atoms with van der Waals surface area (Å²) < 4.78 is 10.2. The molecule has 0 spiro atoms. The number of nitrogens with zero attached hydrogens (tertiary/aromatic N) is 2. The first-order valence-electron chi connectivity index (χ1n) is 6.26. The Morgan fingerprint density at radius 2 is 2.30 bits per heavy atom. The number of morpholine rings is 1. The van der Waals surface area contributed by atoms with Crippen molar-refractivity contribution in [1.29, 1.82) is 0 Å². The van der Waals surface area contributed by atoms with Gasteiger partial charge in [0.05, 0.1) is 36.0 Å². The van der Waals surface area contributed by atoms with Crippen LogP contribution in [0.4, 0.5) is 11.4 Å². The van der Waals surface area contributed by atoms with Crippen molar-refractivity contribution in [3.63, 3.8) is 0 Å². The van der Waals surface area contributed by atoms with E-state index < -0.39 is 10.9 Å². The number of non-ortho nitro benzene ring substituents is 1. The topological polar surface area (TPSA) is 81.9 Å². The van der Waals surface area contributed by atoms with E-state index >= 15 is 0 Å². The van der Waals surface area contributed by atoms with Crippen LogP contribution in [-0.2, 0) is 9.47 Å². The summed E-state index contributed by atoms with van der Waals surface area (Å²) in [6.45, 7) is 3.75. The molecule has 1 aliphatic heterocycles. The molecule has 1 aliphatic rings. The molecule has 1 fully saturated rings. The summed E-state index contributed by atoms with van der Waals surface area (Å²) >= 11 is 0. The highest BCUT2D eigenvalue weighted by molar-refractivity contribution is 5.96. The first-order chi connectivity index (χ1) is 9.52.